The number of hydrogen-bond acceptors (Lipinski definition) is 5. The van der Waals surface area contributed by atoms with Gasteiger partial charge in [0, 0.05) is 12.2 Å². The molecule has 0 saturated carbocycles. The van der Waals surface area contributed by atoms with Crippen molar-refractivity contribution in [1.82, 2.24) is 5.32 Å². The normalized spacial score (nSPS) is 10.2. The third-order valence-electron chi connectivity index (χ3n) is 3.97. The standard InChI is InChI=1S/C21H26N2O5/c1-4-27-18-9-6-15(13-19(18)28-5-2)10-11-22-20(25)21(26)23-17-8-7-16(24)12-14(17)3/h6-9,12-13,24H,4-5,10-11H2,1-3H3,(H,22,25)(H,23,26). The number of phenols is 1. The van der Waals surface area contributed by atoms with E-state index in [-0.39, 0.29) is 5.75 Å². The van der Waals surface area contributed by atoms with Crippen LogP contribution in [0.4, 0.5) is 5.69 Å². The molecule has 0 atom stereocenters. The molecule has 0 spiro atoms. The number of benzene rings is 2. The van der Waals surface area contributed by atoms with Gasteiger partial charge in [-0.3, -0.25) is 9.59 Å². The van der Waals surface area contributed by atoms with Gasteiger partial charge < -0.3 is 25.2 Å². The van der Waals surface area contributed by atoms with E-state index >= 15 is 0 Å². The number of amides is 2. The first-order valence-corrected chi connectivity index (χ1v) is 9.21. The molecular weight excluding hydrogens is 360 g/mol. The maximum atomic E-state index is 12.0. The van der Waals surface area contributed by atoms with Crippen LogP contribution in [-0.2, 0) is 16.0 Å². The minimum Gasteiger partial charge on any atom is -0.508 e. The van der Waals surface area contributed by atoms with Crippen molar-refractivity contribution in [2.45, 2.75) is 27.2 Å². The van der Waals surface area contributed by atoms with Crippen LogP contribution < -0.4 is 20.1 Å². The van der Waals surface area contributed by atoms with Crippen LogP contribution in [0, 0.1) is 6.92 Å². The number of hydrogen-bond donors (Lipinski definition) is 3. The number of aryl methyl sites for hydroxylation is 1. The van der Waals surface area contributed by atoms with E-state index in [1.807, 2.05) is 32.0 Å². The van der Waals surface area contributed by atoms with Crippen LogP contribution in [0.1, 0.15) is 25.0 Å². The highest BCUT2D eigenvalue weighted by atomic mass is 16.5. The van der Waals surface area contributed by atoms with Gasteiger partial charge in [0.15, 0.2) is 11.5 Å². The summed E-state index contributed by atoms with van der Waals surface area (Å²) < 4.78 is 11.1. The highest BCUT2D eigenvalue weighted by molar-refractivity contribution is 6.39. The van der Waals surface area contributed by atoms with Crippen molar-refractivity contribution < 1.29 is 24.2 Å². The molecule has 28 heavy (non-hydrogen) atoms. The van der Waals surface area contributed by atoms with Gasteiger partial charge >= 0.3 is 11.8 Å². The van der Waals surface area contributed by atoms with Gasteiger partial charge in [0.25, 0.3) is 0 Å². The number of anilines is 1. The van der Waals surface area contributed by atoms with Crippen LogP contribution in [-0.4, -0.2) is 36.7 Å². The van der Waals surface area contributed by atoms with E-state index in [0.29, 0.717) is 48.9 Å². The predicted molar refractivity (Wildman–Crippen MR) is 107 cm³/mol. The first-order chi connectivity index (χ1) is 13.4. The highest BCUT2D eigenvalue weighted by Crippen LogP contribution is 2.28. The summed E-state index contributed by atoms with van der Waals surface area (Å²) in [6, 6.07) is 10.1. The van der Waals surface area contributed by atoms with E-state index in [1.165, 1.54) is 12.1 Å². The van der Waals surface area contributed by atoms with Crippen LogP contribution in [0.15, 0.2) is 36.4 Å². The minimum absolute atomic E-state index is 0.0988. The summed E-state index contributed by atoms with van der Waals surface area (Å²) in [5, 5.41) is 14.5. The first-order valence-electron chi connectivity index (χ1n) is 9.21. The molecule has 0 heterocycles. The summed E-state index contributed by atoms with van der Waals surface area (Å²) in [4.78, 5) is 24.0. The van der Waals surface area contributed by atoms with Crippen molar-refractivity contribution in [3.8, 4) is 17.2 Å². The number of phenolic OH excluding ortho intramolecular Hbond substituents is 1. The Morgan fingerprint density at radius 1 is 0.964 bits per heavy atom. The number of rotatable bonds is 8. The smallest absolute Gasteiger partial charge is 0.313 e. The molecular formula is C21H26N2O5. The molecule has 0 aromatic heterocycles. The molecule has 0 unspecified atom stereocenters. The van der Waals surface area contributed by atoms with Crippen molar-refractivity contribution in [1.29, 1.82) is 0 Å². The van der Waals surface area contributed by atoms with Gasteiger partial charge in [0.1, 0.15) is 5.75 Å². The summed E-state index contributed by atoms with van der Waals surface area (Å²) in [6.07, 6.45) is 0.545. The predicted octanol–water partition coefficient (Wildman–Crippen LogP) is 2.80. The van der Waals surface area contributed by atoms with E-state index in [0.717, 1.165) is 5.56 Å². The Morgan fingerprint density at radius 3 is 2.36 bits per heavy atom. The second-order valence-corrected chi connectivity index (χ2v) is 6.11. The summed E-state index contributed by atoms with van der Waals surface area (Å²) >= 11 is 0. The number of carbonyl (C=O) groups is 2. The fraction of sp³-hybridized carbons (Fsp3) is 0.333. The molecule has 0 radical (unpaired) electrons. The van der Waals surface area contributed by atoms with E-state index in [9.17, 15) is 14.7 Å². The van der Waals surface area contributed by atoms with Gasteiger partial charge in [-0.1, -0.05) is 6.07 Å². The lowest BCUT2D eigenvalue weighted by atomic mass is 10.1. The van der Waals surface area contributed by atoms with E-state index < -0.39 is 11.8 Å². The van der Waals surface area contributed by atoms with Crippen molar-refractivity contribution in [3.05, 3.63) is 47.5 Å². The van der Waals surface area contributed by atoms with Gasteiger partial charge in [-0.05, 0) is 68.7 Å². The second kappa shape index (κ2) is 10.2. The number of ether oxygens (including phenoxy) is 2. The van der Waals surface area contributed by atoms with Gasteiger partial charge in [0.2, 0.25) is 0 Å². The molecule has 7 nitrogen and oxygen atoms in total. The molecule has 0 aliphatic carbocycles. The zero-order chi connectivity index (χ0) is 20.5. The fourth-order valence-corrected chi connectivity index (χ4v) is 2.62. The minimum atomic E-state index is -0.754. The molecule has 0 aliphatic rings. The lowest BCUT2D eigenvalue weighted by Gasteiger charge is -2.13. The van der Waals surface area contributed by atoms with Crippen LogP contribution in [0.5, 0.6) is 17.2 Å². The number of carbonyl (C=O) groups excluding carboxylic acids is 2. The third kappa shape index (κ3) is 5.90. The van der Waals surface area contributed by atoms with E-state index in [1.54, 1.807) is 13.0 Å². The second-order valence-electron chi connectivity index (χ2n) is 6.11. The number of aromatic hydroxyl groups is 1. The molecule has 0 saturated heterocycles. The molecule has 2 rings (SSSR count). The Labute approximate surface area is 164 Å². The summed E-state index contributed by atoms with van der Waals surface area (Å²) in [5.41, 5.74) is 2.10. The molecule has 2 aromatic carbocycles. The maximum absolute atomic E-state index is 12.0. The Bertz CT molecular complexity index is 836. The molecule has 0 aliphatic heterocycles. The molecule has 2 aromatic rings. The maximum Gasteiger partial charge on any atom is 0.313 e. The van der Waals surface area contributed by atoms with Gasteiger partial charge in [-0.25, -0.2) is 0 Å². The molecule has 150 valence electrons. The van der Waals surface area contributed by atoms with Crippen molar-refractivity contribution >= 4 is 17.5 Å². The van der Waals surface area contributed by atoms with Crippen molar-refractivity contribution in [3.63, 3.8) is 0 Å². The van der Waals surface area contributed by atoms with Crippen molar-refractivity contribution in [2.75, 3.05) is 25.1 Å². The summed E-state index contributed by atoms with van der Waals surface area (Å²) in [7, 11) is 0. The van der Waals surface area contributed by atoms with Crippen molar-refractivity contribution in [2.24, 2.45) is 0 Å². The van der Waals surface area contributed by atoms with E-state index in [2.05, 4.69) is 10.6 Å². The Kier molecular flexibility index (Phi) is 7.68. The zero-order valence-corrected chi connectivity index (χ0v) is 16.4. The average Bonchev–Trinajstić information content (AvgIpc) is 2.66. The van der Waals surface area contributed by atoms with Crippen LogP contribution in [0.25, 0.3) is 0 Å². The number of nitrogens with one attached hydrogen (secondary N) is 2. The lowest BCUT2D eigenvalue weighted by molar-refractivity contribution is -0.136. The monoisotopic (exact) mass is 386 g/mol. The average molecular weight is 386 g/mol. The highest BCUT2D eigenvalue weighted by Gasteiger charge is 2.14. The summed E-state index contributed by atoms with van der Waals surface area (Å²) in [5.74, 6) is -0.0323. The molecule has 3 N–H and O–H groups in total. The topological polar surface area (TPSA) is 96.9 Å². The van der Waals surface area contributed by atoms with Gasteiger partial charge in [0.05, 0.1) is 13.2 Å². The van der Waals surface area contributed by atoms with E-state index in [4.69, 9.17) is 9.47 Å². The van der Waals surface area contributed by atoms with Crippen LogP contribution in [0.2, 0.25) is 0 Å². The molecule has 2 amide bonds. The quantitative estimate of drug-likeness (QED) is 0.479. The van der Waals surface area contributed by atoms with Crippen LogP contribution >= 0.6 is 0 Å². The lowest BCUT2D eigenvalue weighted by Crippen LogP contribution is -2.36. The Hall–Kier alpha value is -3.22. The SMILES string of the molecule is CCOc1ccc(CCNC(=O)C(=O)Nc2ccc(O)cc2C)cc1OCC. The van der Waals surface area contributed by atoms with Gasteiger partial charge in [-0.15, -0.1) is 0 Å². The molecule has 0 fully saturated rings. The first kappa shape index (κ1) is 21.1. The fourth-order valence-electron chi connectivity index (χ4n) is 2.62. The van der Waals surface area contributed by atoms with Gasteiger partial charge in [-0.2, -0.15) is 0 Å². The molecule has 7 heteroatoms. The zero-order valence-electron chi connectivity index (χ0n) is 16.4. The largest absolute Gasteiger partial charge is 0.508 e. The Morgan fingerprint density at radius 2 is 1.68 bits per heavy atom. The van der Waals surface area contributed by atoms with Crippen LogP contribution in [0.3, 0.4) is 0 Å². The molecule has 0 bridgehead atoms. The third-order valence-corrected chi connectivity index (χ3v) is 3.97. The summed E-state index contributed by atoms with van der Waals surface area (Å²) in [6.45, 7) is 6.92. The Balaban J connectivity index is 1.88.